The third kappa shape index (κ3) is 2.64. The normalized spacial score (nSPS) is 14.3. The molecule has 6 N–H and O–H groups in total. The van der Waals surface area contributed by atoms with Crippen LogP contribution in [0.5, 0.6) is 11.5 Å². The number of carboxylic acid groups (broad SMARTS) is 1. The number of hydrogen-bond donors (Lipinski definition) is 6. The molecule has 0 amide bonds. The highest BCUT2D eigenvalue weighted by Gasteiger charge is 2.23. The van der Waals surface area contributed by atoms with Crippen LogP contribution in [0.25, 0.3) is 0 Å². The third-order valence-electron chi connectivity index (χ3n) is 2.25. The van der Waals surface area contributed by atoms with E-state index in [0.717, 1.165) is 12.1 Å². The largest absolute Gasteiger partial charge is 0.507 e. The molecule has 0 aromatic heterocycles. The van der Waals surface area contributed by atoms with Crippen LogP contribution in [0.3, 0.4) is 0 Å². The standard InChI is InChI=1S/C10H12O7/c11-3-8(14)9(15)4-1-5(10(16)17)7(13)2-6(4)12/h1-2,8-9,11-15H,3H2,(H,16,17). The van der Waals surface area contributed by atoms with Crippen molar-refractivity contribution in [3.63, 3.8) is 0 Å². The van der Waals surface area contributed by atoms with Crippen molar-refractivity contribution in [2.45, 2.75) is 12.2 Å². The predicted octanol–water partition coefficient (Wildman–Crippen LogP) is -0.817. The molecule has 7 nitrogen and oxygen atoms in total. The van der Waals surface area contributed by atoms with Gasteiger partial charge in [-0.2, -0.15) is 0 Å². The summed E-state index contributed by atoms with van der Waals surface area (Å²) in [6, 6.07) is 1.57. The van der Waals surface area contributed by atoms with Gasteiger partial charge in [-0.25, -0.2) is 4.79 Å². The van der Waals surface area contributed by atoms with E-state index >= 15 is 0 Å². The summed E-state index contributed by atoms with van der Waals surface area (Å²) < 4.78 is 0. The van der Waals surface area contributed by atoms with Crippen LogP contribution in [0.1, 0.15) is 22.0 Å². The quantitative estimate of drug-likeness (QED) is 0.407. The summed E-state index contributed by atoms with van der Waals surface area (Å²) in [5, 5.41) is 54.7. The monoisotopic (exact) mass is 244 g/mol. The minimum atomic E-state index is -1.65. The first kappa shape index (κ1) is 13.2. The zero-order chi connectivity index (χ0) is 13.2. The number of aliphatic hydroxyl groups excluding tert-OH is 3. The number of carbonyl (C=O) groups is 1. The lowest BCUT2D eigenvalue weighted by Gasteiger charge is -2.17. The molecule has 94 valence electrons. The molecule has 0 saturated carbocycles. The Hall–Kier alpha value is -1.83. The number of aromatic hydroxyl groups is 2. The Kier molecular flexibility index (Phi) is 3.89. The summed E-state index contributed by atoms with van der Waals surface area (Å²) in [5.41, 5.74) is -0.816. The summed E-state index contributed by atoms with van der Waals surface area (Å²) in [6.07, 6.45) is -3.22. The van der Waals surface area contributed by atoms with E-state index in [1.165, 1.54) is 0 Å². The van der Waals surface area contributed by atoms with Crippen molar-refractivity contribution in [3.05, 3.63) is 23.3 Å². The zero-order valence-electron chi connectivity index (χ0n) is 8.61. The lowest BCUT2D eigenvalue weighted by molar-refractivity contribution is -0.0162. The third-order valence-corrected chi connectivity index (χ3v) is 2.25. The fourth-order valence-corrected chi connectivity index (χ4v) is 1.31. The van der Waals surface area contributed by atoms with E-state index < -0.39 is 41.8 Å². The number of aliphatic hydroxyl groups is 3. The number of aromatic carboxylic acids is 1. The van der Waals surface area contributed by atoms with Crippen LogP contribution in [0, 0.1) is 0 Å². The number of phenolic OH excluding ortho intramolecular Hbond substituents is 1. The molecule has 2 atom stereocenters. The van der Waals surface area contributed by atoms with Gasteiger partial charge in [0.05, 0.1) is 6.61 Å². The van der Waals surface area contributed by atoms with Crippen molar-refractivity contribution in [1.82, 2.24) is 0 Å². The van der Waals surface area contributed by atoms with Crippen LogP contribution in [0.15, 0.2) is 12.1 Å². The summed E-state index contributed by atoms with van der Waals surface area (Å²) in [5.74, 6) is -2.69. The highest BCUT2D eigenvalue weighted by molar-refractivity contribution is 5.91. The lowest BCUT2D eigenvalue weighted by Crippen LogP contribution is -2.22. The van der Waals surface area contributed by atoms with Gasteiger partial charge in [0.2, 0.25) is 0 Å². The topological polar surface area (TPSA) is 138 Å². The number of rotatable bonds is 4. The second kappa shape index (κ2) is 5.00. The van der Waals surface area contributed by atoms with E-state index in [4.69, 9.17) is 10.2 Å². The van der Waals surface area contributed by atoms with E-state index in [-0.39, 0.29) is 5.56 Å². The van der Waals surface area contributed by atoms with Crippen LogP contribution < -0.4 is 0 Å². The maximum Gasteiger partial charge on any atom is 0.339 e. The van der Waals surface area contributed by atoms with E-state index in [0.29, 0.717) is 0 Å². The van der Waals surface area contributed by atoms with E-state index in [2.05, 4.69) is 0 Å². The van der Waals surface area contributed by atoms with Gasteiger partial charge in [0.1, 0.15) is 29.3 Å². The molecule has 1 rings (SSSR count). The number of benzene rings is 1. The fraction of sp³-hybridized carbons (Fsp3) is 0.300. The van der Waals surface area contributed by atoms with Crippen LogP contribution in [-0.2, 0) is 0 Å². The molecule has 2 unspecified atom stereocenters. The first-order chi connectivity index (χ1) is 7.88. The van der Waals surface area contributed by atoms with Crippen molar-refractivity contribution >= 4 is 5.97 Å². The minimum absolute atomic E-state index is 0.290. The molecule has 0 aliphatic carbocycles. The van der Waals surface area contributed by atoms with Crippen LogP contribution in [0.4, 0.5) is 0 Å². The molecule has 0 saturated heterocycles. The Balaban J connectivity index is 3.24. The van der Waals surface area contributed by atoms with Crippen LogP contribution in [0.2, 0.25) is 0 Å². The molecule has 1 aromatic carbocycles. The Morgan fingerprint density at radius 2 is 1.76 bits per heavy atom. The highest BCUT2D eigenvalue weighted by atomic mass is 16.4. The Morgan fingerprint density at radius 3 is 2.24 bits per heavy atom. The Labute approximate surface area is 95.8 Å². The molecule has 7 heteroatoms. The van der Waals surface area contributed by atoms with E-state index in [1.54, 1.807) is 0 Å². The van der Waals surface area contributed by atoms with Gasteiger partial charge in [0.25, 0.3) is 0 Å². The van der Waals surface area contributed by atoms with Crippen LogP contribution >= 0.6 is 0 Å². The van der Waals surface area contributed by atoms with E-state index in [1.807, 2.05) is 0 Å². The highest BCUT2D eigenvalue weighted by Crippen LogP contribution is 2.32. The molecule has 0 heterocycles. The lowest BCUT2D eigenvalue weighted by atomic mass is 10.0. The Bertz CT molecular complexity index is 429. The molecule has 1 aromatic rings. The number of hydrogen-bond acceptors (Lipinski definition) is 6. The molecular weight excluding hydrogens is 232 g/mol. The maximum absolute atomic E-state index is 10.7. The minimum Gasteiger partial charge on any atom is -0.507 e. The fourth-order valence-electron chi connectivity index (χ4n) is 1.31. The average Bonchev–Trinajstić information content (AvgIpc) is 2.26. The zero-order valence-corrected chi connectivity index (χ0v) is 8.61. The summed E-state index contributed by atoms with van der Waals surface area (Å²) in [4.78, 5) is 10.7. The Morgan fingerprint density at radius 1 is 1.18 bits per heavy atom. The first-order valence-corrected chi connectivity index (χ1v) is 4.64. The summed E-state index contributed by atoms with van der Waals surface area (Å²) >= 11 is 0. The van der Waals surface area contributed by atoms with Gasteiger partial charge in [-0.15, -0.1) is 0 Å². The van der Waals surface area contributed by atoms with Crippen molar-refractivity contribution in [1.29, 1.82) is 0 Å². The summed E-state index contributed by atoms with van der Waals surface area (Å²) in [6.45, 7) is -0.760. The van der Waals surface area contributed by atoms with Crippen molar-refractivity contribution in [2.75, 3.05) is 6.61 Å². The molecule has 0 aliphatic rings. The molecule has 17 heavy (non-hydrogen) atoms. The summed E-state index contributed by atoms with van der Waals surface area (Å²) in [7, 11) is 0. The number of carboxylic acids is 1. The smallest absolute Gasteiger partial charge is 0.339 e. The average molecular weight is 244 g/mol. The first-order valence-electron chi connectivity index (χ1n) is 4.64. The second-order valence-corrected chi connectivity index (χ2v) is 3.43. The number of phenols is 2. The molecule has 0 aliphatic heterocycles. The van der Waals surface area contributed by atoms with Crippen molar-refractivity contribution in [2.24, 2.45) is 0 Å². The predicted molar refractivity (Wildman–Crippen MR) is 54.8 cm³/mol. The SMILES string of the molecule is O=C(O)c1cc(C(O)C(O)CO)c(O)cc1O. The van der Waals surface area contributed by atoms with Crippen LogP contribution in [-0.4, -0.2) is 49.3 Å². The van der Waals surface area contributed by atoms with E-state index in [9.17, 15) is 25.2 Å². The van der Waals surface area contributed by atoms with Crippen molar-refractivity contribution in [3.8, 4) is 11.5 Å². The molecular formula is C10H12O7. The van der Waals surface area contributed by atoms with Gasteiger partial charge in [-0.1, -0.05) is 0 Å². The molecule has 0 bridgehead atoms. The molecule has 0 spiro atoms. The maximum atomic E-state index is 10.7. The second-order valence-electron chi connectivity index (χ2n) is 3.43. The van der Waals surface area contributed by atoms with Crippen molar-refractivity contribution < 1.29 is 35.4 Å². The molecule has 0 radical (unpaired) electrons. The van der Waals surface area contributed by atoms with Gasteiger partial charge >= 0.3 is 5.97 Å². The van der Waals surface area contributed by atoms with Gasteiger partial charge < -0.3 is 30.6 Å². The van der Waals surface area contributed by atoms with Gasteiger partial charge in [0.15, 0.2) is 0 Å². The van der Waals surface area contributed by atoms with Gasteiger partial charge in [-0.3, -0.25) is 0 Å². The van der Waals surface area contributed by atoms with Gasteiger partial charge in [-0.05, 0) is 6.07 Å². The molecule has 0 fully saturated rings. The van der Waals surface area contributed by atoms with Gasteiger partial charge in [0, 0.05) is 11.6 Å².